The summed E-state index contributed by atoms with van der Waals surface area (Å²) in [5, 5.41) is 3.73. The van der Waals surface area contributed by atoms with E-state index in [4.69, 9.17) is 0 Å². The summed E-state index contributed by atoms with van der Waals surface area (Å²) in [5.74, 6) is -0.912. The van der Waals surface area contributed by atoms with Gasteiger partial charge in [0, 0.05) is 6.42 Å². The SMILES string of the molecule is O=c1onc(Cc2cccc(F)c2)n1Cc1ccc(F)cc1. The monoisotopic (exact) mass is 302 g/mol. The van der Waals surface area contributed by atoms with Crippen molar-refractivity contribution in [1.82, 2.24) is 9.72 Å². The summed E-state index contributed by atoms with van der Waals surface area (Å²) >= 11 is 0. The molecule has 0 fully saturated rings. The Morgan fingerprint density at radius 2 is 1.77 bits per heavy atom. The van der Waals surface area contributed by atoms with Crippen molar-refractivity contribution in [3.05, 3.63) is 87.7 Å². The lowest BCUT2D eigenvalue weighted by atomic mass is 10.1. The van der Waals surface area contributed by atoms with Crippen molar-refractivity contribution < 1.29 is 13.3 Å². The maximum atomic E-state index is 13.2. The normalized spacial score (nSPS) is 10.8. The third-order valence-corrected chi connectivity index (χ3v) is 3.27. The number of rotatable bonds is 4. The highest BCUT2D eigenvalue weighted by atomic mass is 19.1. The molecule has 3 aromatic rings. The first kappa shape index (κ1) is 14.2. The van der Waals surface area contributed by atoms with Crippen LogP contribution in [0, 0.1) is 11.6 Å². The Morgan fingerprint density at radius 1 is 1.00 bits per heavy atom. The molecule has 1 aromatic heterocycles. The predicted octanol–water partition coefficient (Wildman–Crippen LogP) is 2.75. The lowest BCUT2D eigenvalue weighted by Gasteiger charge is -2.05. The van der Waals surface area contributed by atoms with Gasteiger partial charge in [0.25, 0.3) is 0 Å². The van der Waals surface area contributed by atoms with Gasteiger partial charge in [-0.05, 0) is 35.4 Å². The van der Waals surface area contributed by atoms with Crippen molar-refractivity contribution in [3.63, 3.8) is 0 Å². The van der Waals surface area contributed by atoms with E-state index in [0.29, 0.717) is 11.4 Å². The molecule has 0 saturated carbocycles. The number of benzene rings is 2. The zero-order chi connectivity index (χ0) is 15.5. The summed E-state index contributed by atoms with van der Waals surface area (Å²) in [4.78, 5) is 11.8. The van der Waals surface area contributed by atoms with Gasteiger partial charge in [-0.2, -0.15) is 0 Å². The quantitative estimate of drug-likeness (QED) is 0.744. The van der Waals surface area contributed by atoms with E-state index in [1.54, 1.807) is 24.3 Å². The molecule has 0 aliphatic rings. The largest absolute Gasteiger partial charge is 0.441 e. The fourth-order valence-electron chi connectivity index (χ4n) is 2.18. The smallest absolute Gasteiger partial charge is 0.296 e. The molecular formula is C16H12F2N2O2. The Bertz CT molecular complexity index is 838. The van der Waals surface area contributed by atoms with E-state index in [9.17, 15) is 13.6 Å². The molecule has 0 spiro atoms. The van der Waals surface area contributed by atoms with Crippen molar-refractivity contribution >= 4 is 0 Å². The zero-order valence-corrected chi connectivity index (χ0v) is 11.5. The maximum Gasteiger partial charge on any atom is 0.441 e. The Balaban J connectivity index is 1.87. The van der Waals surface area contributed by atoms with E-state index in [2.05, 4.69) is 9.68 Å². The van der Waals surface area contributed by atoms with Crippen molar-refractivity contribution in [2.75, 3.05) is 0 Å². The van der Waals surface area contributed by atoms with Crippen molar-refractivity contribution in [2.45, 2.75) is 13.0 Å². The van der Waals surface area contributed by atoms with Crippen LogP contribution in [0.15, 0.2) is 57.8 Å². The van der Waals surface area contributed by atoms with Crippen LogP contribution in [0.3, 0.4) is 0 Å². The molecule has 0 atom stereocenters. The molecule has 0 unspecified atom stereocenters. The van der Waals surface area contributed by atoms with Gasteiger partial charge in [0.15, 0.2) is 5.82 Å². The molecular weight excluding hydrogens is 290 g/mol. The number of hydrogen-bond acceptors (Lipinski definition) is 3. The van der Waals surface area contributed by atoms with Gasteiger partial charge in [-0.1, -0.05) is 29.4 Å². The molecule has 22 heavy (non-hydrogen) atoms. The Labute approximate surface area is 124 Å². The Kier molecular flexibility index (Phi) is 3.82. The molecule has 0 amide bonds. The van der Waals surface area contributed by atoms with Crippen LogP contribution in [-0.4, -0.2) is 9.72 Å². The van der Waals surface area contributed by atoms with Gasteiger partial charge < -0.3 is 0 Å². The average Bonchev–Trinajstić information content (AvgIpc) is 2.83. The molecule has 0 aliphatic heterocycles. The lowest BCUT2D eigenvalue weighted by molar-refractivity contribution is 0.375. The van der Waals surface area contributed by atoms with Crippen molar-refractivity contribution in [2.24, 2.45) is 0 Å². The molecule has 1 heterocycles. The van der Waals surface area contributed by atoms with E-state index in [1.165, 1.54) is 28.8 Å². The highest BCUT2D eigenvalue weighted by Crippen LogP contribution is 2.11. The highest BCUT2D eigenvalue weighted by molar-refractivity contribution is 5.21. The molecule has 4 nitrogen and oxygen atoms in total. The summed E-state index contributed by atoms with van der Waals surface area (Å²) in [5.41, 5.74) is 1.42. The first-order valence-corrected chi connectivity index (χ1v) is 6.66. The molecule has 112 valence electrons. The van der Waals surface area contributed by atoms with Gasteiger partial charge in [-0.3, -0.25) is 9.09 Å². The maximum absolute atomic E-state index is 13.2. The standard InChI is InChI=1S/C16H12F2N2O2/c17-13-6-4-11(5-7-13)10-20-15(19-22-16(20)21)9-12-2-1-3-14(18)8-12/h1-8H,9-10H2. The molecule has 0 N–H and O–H groups in total. The number of nitrogens with zero attached hydrogens (tertiary/aromatic N) is 2. The van der Waals surface area contributed by atoms with Gasteiger partial charge in [-0.15, -0.1) is 0 Å². The summed E-state index contributed by atoms with van der Waals surface area (Å²) < 4.78 is 32.2. The first-order valence-electron chi connectivity index (χ1n) is 6.66. The number of aromatic nitrogens is 2. The van der Waals surface area contributed by atoms with Crippen LogP contribution in [0.25, 0.3) is 0 Å². The van der Waals surface area contributed by atoms with Crippen LogP contribution in [-0.2, 0) is 13.0 Å². The van der Waals surface area contributed by atoms with E-state index in [1.807, 2.05) is 0 Å². The molecule has 6 heteroatoms. The second kappa shape index (κ2) is 5.93. The predicted molar refractivity (Wildman–Crippen MR) is 75.5 cm³/mol. The summed E-state index contributed by atoms with van der Waals surface area (Å²) in [7, 11) is 0. The van der Waals surface area contributed by atoms with Crippen molar-refractivity contribution in [1.29, 1.82) is 0 Å². The van der Waals surface area contributed by atoms with Gasteiger partial charge in [0.1, 0.15) is 11.6 Å². The highest BCUT2D eigenvalue weighted by Gasteiger charge is 2.12. The molecule has 0 aliphatic carbocycles. The number of hydrogen-bond donors (Lipinski definition) is 0. The van der Waals surface area contributed by atoms with Crippen LogP contribution in [0.2, 0.25) is 0 Å². The summed E-state index contributed by atoms with van der Waals surface area (Å²) in [6.07, 6.45) is 0.269. The fraction of sp³-hybridized carbons (Fsp3) is 0.125. The van der Waals surface area contributed by atoms with Crippen LogP contribution >= 0.6 is 0 Å². The Hall–Kier alpha value is -2.76. The molecule has 0 radical (unpaired) electrons. The van der Waals surface area contributed by atoms with Crippen LogP contribution in [0.1, 0.15) is 17.0 Å². The number of halogens is 2. The second-order valence-corrected chi connectivity index (χ2v) is 4.88. The topological polar surface area (TPSA) is 48.0 Å². The van der Waals surface area contributed by atoms with Gasteiger partial charge in [0.05, 0.1) is 6.54 Å². The van der Waals surface area contributed by atoms with Crippen LogP contribution in [0.5, 0.6) is 0 Å². The minimum atomic E-state index is -0.601. The summed E-state index contributed by atoms with van der Waals surface area (Å²) in [6.45, 7) is 0.216. The molecule has 2 aromatic carbocycles. The fourth-order valence-corrected chi connectivity index (χ4v) is 2.18. The van der Waals surface area contributed by atoms with Gasteiger partial charge >= 0.3 is 5.76 Å². The van der Waals surface area contributed by atoms with E-state index in [-0.39, 0.29) is 24.6 Å². The first-order chi connectivity index (χ1) is 10.6. The third kappa shape index (κ3) is 3.11. The molecule has 0 saturated heterocycles. The van der Waals surface area contributed by atoms with Crippen LogP contribution in [0.4, 0.5) is 8.78 Å². The van der Waals surface area contributed by atoms with Crippen LogP contribution < -0.4 is 5.76 Å². The third-order valence-electron chi connectivity index (χ3n) is 3.27. The minimum absolute atomic E-state index is 0.216. The average molecular weight is 302 g/mol. The van der Waals surface area contributed by atoms with Gasteiger partial charge in [0.2, 0.25) is 0 Å². The molecule has 0 bridgehead atoms. The van der Waals surface area contributed by atoms with E-state index < -0.39 is 5.76 Å². The van der Waals surface area contributed by atoms with E-state index in [0.717, 1.165) is 5.56 Å². The Morgan fingerprint density at radius 3 is 2.50 bits per heavy atom. The van der Waals surface area contributed by atoms with Gasteiger partial charge in [-0.25, -0.2) is 13.6 Å². The minimum Gasteiger partial charge on any atom is -0.296 e. The van der Waals surface area contributed by atoms with E-state index >= 15 is 0 Å². The van der Waals surface area contributed by atoms with Crippen molar-refractivity contribution in [3.8, 4) is 0 Å². The lowest BCUT2D eigenvalue weighted by Crippen LogP contribution is -2.18. The summed E-state index contributed by atoms with van der Waals surface area (Å²) in [6, 6.07) is 11.9. The molecule has 3 rings (SSSR count). The zero-order valence-electron chi connectivity index (χ0n) is 11.5. The second-order valence-electron chi connectivity index (χ2n) is 4.88.